The van der Waals surface area contributed by atoms with Crippen LogP contribution in [0.25, 0.3) is 0 Å². The fourth-order valence-corrected chi connectivity index (χ4v) is 1.82. The van der Waals surface area contributed by atoms with Crippen molar-refractivity contribution < 1.29 is 28.9 Å². The van der Waals surface area contributed by atoms with Crippen LogP contribution in [0.5, 0.6) is 0 Å². The first-order valence-corrected chi connectivity index (χ1v) is 5.41. The number of aliphatic hydroxyl groups excluding tert-OH is 2. The summed E-state index contributed by atoms with van der Waals surface area (Å²) < 4.78 is 20.0. The second-order valence-corrected chi connectivity index (χ2v) is 4.18. The Morgan fingerprint density at radius 3 is 2.57 bits per heavy atom. The van der Waals surface area contributed by atoms with Gasteiger partial charge in [0.15, 0.2) is 0 Å². The molecule has 14 heavy (non-hydrogen) atoms. The topological polar surface area (TPSA) is 96.2 Å². The molecule has 1 spiro atoms. The Kier molecular flexibility index (Phi) is 2.76. The van der Waals surface area contributed by atoms with Gasteiger partial charge in [0, 0.05) is 0 Å². The van der Waals surface area contributed by atoms with Crippen LogP contribution in [-0.4, -0.2) is 59.0 Å². The van der Waals surface area contributed by atoms with Crippen molar-refractivity contribution in [1.82, 2.24) is 0 Å². The average molecular weight is 218 g/mol. The molecule has 9 heteroatoms. The van der Waals surface area contributed by atoms with Crippen LogP contribution in [-0.2, 0) is 13.8 Å². The Hall–Kier alpha value is 0.160. The first kappa shape index (κ1) is 10.7. The van der Waals surface area contributed by atoms with Gasteiger partial charge in [0.25, 0.3) is 0 Å². The van der Waals surface area contributed by atoms with E-state index < -0.39 is 32.0 Å². The monoisotopic (exact) mass is 218 g/mol. The fraction of sp³-hybridized carbons (Fsp3) is 1.00. The molecular formula is C5H9B2O6P. The first-order chi connectivity index (χ1) is 6.55. The molecule has 0 radical (unpaired) electrons. The van der Waals surface area contributed by atoms with E-state index in [9.17, 15) is 14.8 Å². The van der Waals surface area contributed by atoms with Gasteiger partial charge < -0.3 is 0 Å². The second kappa shape index (κ2) is 3.63. The number of rotatable bonds is 3. The van der Waals surface area contributed by atoms with E-state index in [1.807, 2.05) is 0 Å². The van der Waals surface area contributed by atoms with E-state index in [1.54, 1.807) is 13.6 Å². The van der Waals surface area contributed by atoms with Crippen LogP contribution < -0.4 is 0 Å². The van der Waals surface area contributed by atoms with Gasteiger partial charge in [0.2, 0.25) is 0 Å². The predicted molar refractivity (Wildman–Crippen MR) is 48.3 cm³/mol. The summed E-state index contributed by atoms with van der Waals surface area (Å²) >= 11 is 0. The minimum atomic E-state index is -3.02. The van der Waals surface area contributed by atoms with Crippen molar-refractivity contribution in [3.63, 3.8) is 0 Å². The van der Waals surface area contributed by atoms with Crippen LogP contribution in [0.15, 0.2) is 0 Å². The Morgan fingerprint density at radius 1 is 1.50 bits per heavy atom. The van der Waals surface area contributed by atoms with Crippen molar-refractivity contribution in [2.24, 2.45) is 0 Å². The van der Waals surface area contributed by atoms with Gasteiger partial charge in [-0.25, -0.2) is 0 Å². The number of ether oxygens (including phenoxy) is 1. The number of aliphatic hydroxyl groups is 2. The van der Waals surface area contributed by atoms with E-state index in [4.69, 9.17) is 9.63 Å². The molecule has 1 saturated heterocycles. The summed E-state index contributed by atoms with van der Waals surface area (Å²) in [6.45, 7) is 3.06. The minimum absolute atomic E-state index is 0.198. The summed E-state index contributed by atoms with van der Waals surface area (Å²) in [6.07, 6.45) is -2.87. The number of hydrogen-bond acceptors (Lipinski definition) is 5. The normalized spacial score (nSPS) is 39.2. The molecule has 4 atom stereocenters. The SMILES string of the molecule is O=[PH](O)OCC1OC2(B=B2)C(O)C1O. The van der Waals surface area contributed by atoms with E-state index in [0.29, 0.717) is 0 Å². The van der Waals surface area contributed by atoms with Gasteiger partial charge in [-0.2, -0.15) is 0 Å². The van der Waals surface area contributed by atoms with Crippen molar-refractivity contribution in [3.8, 4) is 0 Å². The predicted octanol–water partition coefficient (Wildman–Crippen LogP) is -2.50. The third-order valence-corrected chi connectivity index (χ3v) is 2.80. The molecule has 3 N–H and O–H groups in total. The van der Waals surface area contributed by atoms with Crippen LogP contribution in [0, 0.1) is 0 Å². The number of hydrogen-bond donors (Lipinski definition) is 3. The summed E-state index contributed by atoms with van der Waals surface area (Å²) in [5.41, 5.74) is 0. The summed E-state index contributed by atoms with van der Waals surface area (Å²) in [7, 11) is -3.02. The molecule has 6 nitrogen and oxygen atoms in total. The maximum absolute atomic E-state index is 10.3. The standard InChI is InChI=1S/C5H9B2O6P/c8-3-2(1-12-14(10)11)13-5(4(3)9)6-7-5/h2-4,8-9,14H,1H2,(H,10,11). The van der Waals surface area contributed by atoms with E-state index in [2.05, 4.69) is 4.52 Å². The molecule has 2 aliphatic rings. The molecule has 2 rings (SSSR count). The van der Waals surface area contributed by atoms with Crippen molar-refractivity contribution in [3.05, 3.63) is 0 Å². The van der Waals surface area contributed by atoms with E-state index in [-0.39, 0.29) is 6.61 Å². The van der Waals surface area contributed by atoms with Crippen molar-refractivity contribution in [1.29, 1.82) is 0 Å². The molecule has 0 bridgehead atoms. The summed E-state index contributed by atoms with van der Waals surface area (Å²) in [6, 6.07) is 0. The van der Waals surface area contributed by atoms with Gasteiger partial charge in [-0.05, 0) is 0 Å². The first-order valence-electron chi connectivity index (χ1n) is 4.15. The van der Waals surface area contributed by atoms with Crippen LogP contribution in [0.1, 0.15) is 0 Å². The molecule has 76 valence electrons. The van der Waals surface area contributed by atoms with Gasteiger partial charge in [-0.1, -0.05) is 0 Å². The second-order valence-electron chi connectivity index (χ2n) is 3.36. The van der Waals surface area contributed by atoms with E-state index >= 15 is 0 Å². The molecule has 0 saturated carbocycles. The van der Waals surface area contributed by atoms with E-state index in [1.165, 1.54) is 0 Å². The molecule has 0 amide bonds. The van der Waals surface area contributed by atoms with Gasteiger partial charge >= 0.3 is 81.1 Å². The van der Waals surface area contributed by atoms with Crippen LogP contribution in [0.2, 0.25) is 0 Å². The van der Waals surface area contributed by atoms with Gasteiger partial charge in [-0.15, -0.1) is 0 Å². The van der Waals surface area contributed by atoms with Crippen LogP contribution in [0.3, 0.4) is 0 Å². The van der Waals surface area contributed by atoms with Crippen LogP contribution in [0.4, 0.5) is 0 Å². The molecular weight excluding hydrogens is 209 g/mol. The van der Waals surface area contributed by atoms with Gasteiger partial charge in [0.1, 0.15) is 0 Å². The Labute approximate surface area is 81.9 Å². The molecule has 2 heterocycles. The Bertz CT molecular complexity index is 290. The molecule has 4 unspecified atom stereocenters. The zero-order valence-corrected chi connectivity index (χ0v) is 8.16. The Morgan fingerprint density at radius 2 is 2.14 bits per heavy atom. The van der Waals surface area contributed by atoms with E-state index in [0.717, 1.165) is 0 Å². The third kappa shape index (κ3) is 1.78. The molecule has 0 aromatic carbocycles. The Balaban J connectivity index is 1.92. The van der Waals surface area contributed by atoms with Crippen molar-refractivity contribution in [2.75, 3.05) is 6.61 Å². The van der Waals surface area contributed by atoms with Gasteiger partial charge in [-0.3, -0.25) is 0 Å². The summed E-state index contributed by atoms with van der Waals surface area (Å²) in [5, 5.41) is 18.1. The zero-order chi connectivity index (χ0) is 10.3. The average Bonchev–Trinajstić information content (AvgIpc) is 2.86. The van der Waals surface area contributed by atoms with Gasteiger partial charge in [0.05, 0.1) is 0 Å². The van der Waals surface area contributed by atoms with Crippen molar-refractivity contribution in [2.45, 2.75) is 23.7 Å². The molecule has 2 aliphatic heterocycles. The molecule has 0 aromatic rings. The molecule has 1 fully saturated rings. The van der Waals surface area contributed by atoms with Crippen molar-refractivity contribution >= 4 is 21.9 Å². The molecule has 0 aromatic heterocycles. The third-order valence-electron chi connectivity index (χ3n) is 2.39. The van der Waals surface area contributed by atoms with Crippen LogP contribution >= 0.6 is 8.25 Å². The quantitative estimate of drug-likeness (QED) is 0.357. The molecule has 0 aliphatic carbocycles. The maximum atomic E-state index is 10.3. The zero-order valence-electron chi connectivity index (χ0n) is 7.16. The fourth-order valence-electron chi connectivity index (χ4n) is 1.52. The summed E-state index contributed by atoms with van der Waals surface area (Å²) in [5.74, 6) is 0. The summed E-state index contributed by atoms with van der Waals surface area (Å²) in [4.78, 5) is 8.42.